The van der Waals surface area contributed by atoms with Crippen LogP contribution < -0.4 is 20.7 Å². The number of hydrogen-bond acceptors (Lipinski definition) is 5. The van der Waals surface area contributed by atoms with Gasteiger partial charge in [-0.05, 0) is 36.4 Å². The molecule has 1 aromatic carbocycles. The summed E-state index contributed by atoms with van der Waals surface area (Å²) in [5.74, 6) is 0.0964. The Balaban J connectivity index is 1.98. The zero-order valence-electron chi connectivity index (χ0n) is 12.9. The second kappa shape index (κ2) is 7.26. The number of pyridine rings is 1. The molecule has 0 spiro atoms. The lowest BCUT2D eigenvalue weighted by atomic mass is 10.2. The van der Waals surface area contributed by atoms with E-state index in [4.69, 9.17) is 10.5 Å². The minimum Gasteiger partial charge on any atom is -0.484 e. The molecule has 0 aliphatic rings. The van der Waals surface area contributed by atoms with Crippen molar-refractivity contribution < 1.29 is 14.3 Å². The molecule has 2 aromatic rings. The van der Waals surface area contributed by atoms with Gasteiger partial charge in [0.15, 0.2) is 6.61 Å². The predicted octanol–water partition coefficient (Wildman–Crippen LogP) is 1.26. The van der Waals surface area contributed by atoms with Gasteiger partial charge in [0.1, 0.15) is 11.6 Å². The largest absolute Gasteiger partial charge is 0.484 e. The summed E-state index contributed by atoms with van der Waals surface area (Å²) >= 11 is 0. The van der Waals surface area contributed by atoms with Crippen molar-refractivity contribution in [2.24, 2.45) is 5.73 Å². The fourth-order valence-corrected chi connectivity index (χ4v) is 1.77. The minimum atomic E-state index is -0.556. The number of ether oxygens (including phenoxy) is 1. The zero-order valence-corrected chi connectivity index (χ0v) is 12.9. The number of carbonyl (C=O) groups excluding carboxylic acids is 2. The molecule has 7 nitrogen and oxygen atoms in total. The van der Waals surface area contributed by atoms with Crippen molar-refractivity contribution in [2.45, 2.75) is 0 Å². The number of rotatable bonds is 6. The molecule has 120 valence electrons. The molecule has 2 amide bonds. The average molecular weight is 314 g/mol. The molecular formula is C16H18N4O3. The number of nitrogens with zero attached hydrogens (tertiary/aromatic N) is 2. The lowest BCUT2D eigenvalue weighted by Crippen LogP contribution is -2.20. The molecule has 23 heavy (non-hydrogen) atoms. The van der Waals surface area contributed by atoms with E-state index >= 15 is 0 Å². The molecule has 1 aromatic heterocycles. The summed E-state index contributed by atoms with van der Waals surface area (Å²) in [5.41, 5.74) is 6.39. The number of primary amides is 1. The standard InChI is InChI=1S/C16H18N4O3/c1-20(2)12-5-8-15(18-9-12)19-16(22)11-3-6-13(7-4-11)23-10-14(17)21/h3-9H,10H2,1-2H3,(H2,17,21)(H,18,19,22). The summed E-state index contributed by atoms with van der Waals surface area (Å²) in [6.07, 6.45) is 1.68. The van der Waals surface area contributed by atoms with Crippen LogP contribution in [0.25, 0.3) is 0 Å². The van der Waals surface area contributed by atoms with E-state index in [9.17, 15) is 9.59 Å². The lowest BCUT2D eigenvalue weighted by molar-refractivity contribution is -0.119. The number of nitrogens with one attached hydrogen (secondary N) is 1. The van der Waals surface area contributed by atoms with Gasteiger partial charge in [0.25, 0.3) is 11.8 Å². The topological polar surface area (TPSA) is 97.5 Å². The molecule has 0 aliphatic carbocycles. The zero-order chi connectivity index (χ0) is 16.8. The van der Waals surface area contributed by atoms with E-state index in [1.165, 1.54) is 0 Å². The van der Waals surface area contributed by atoms with Gasteiger partial charge in [0.05, 0.1) is 11.9 Å². The maximum Gasteiger partial charge on any atom is 0.256 e. The molecule has 7 heteroatoms. The highest BCUT2D eigenvalue weighted by atomic mass is 16.5. The first kappa shape index (κ1) is 16.3. The minimum absolute atomic E-state index is 0.201. The summed E-state index contributed by atoms with van der Waals surface area (Å²) in [4.78, 5) is 28.9. The third-order valence-electron chi connectivity index (χ3n) is 3.00. The number of carbonyl (C=O) groups is 2. The molecule has 0 atom stereocenters. The SMILES string of the molecule is CN(C)c1ccc(NC(=O)c2ccc(OCC(N)=O)cc2)nc1. The van der Waals surface area contributed by atoms with Gasteiger partial charge in [-0.1, -0.05) is 0 Å². The molecule has 0 saturated carbocycles. The molecule has 0 radical (unpaired) electrons. The van der Waals surface area contributed by atoms with Crippen molar-refractivity contribution in [3.8, 4) is 5.75 Å². The van der Waals surface area contributed by atoms with Gasteiger partial charge < -0.3 is 20.7 Å². The molecule has 1 heterocycles. The van der Waals surface area contributed by atoms with Crippen molar-refractivity contribution in [3.63, 3.8) is 0 Å². The van der Waals surface area contributed by atoms with Crippen molar-refractivity contribution in [2.75, 3.05) is 30.9 Å². The van der Waals surface area contributed by atoms with Crippen LogP contribution in [0.1, 0.15) is 10.4 Å². The van der Waals surface area contributed by atoms with Crippen LogP contribution in [-0.4, -0.2) is 37.5 Å². The second-order valence-electron chi connectivity index (χ2n) is 5.03. The van der Waals surface area contributed by atoms with Crippen molar-refractivity contribution >= 4 is 23.3 Å². The van der Waals surface area contributed by atoms with Gasteiger partial charge >= 0.3 is 0 Å². The Morgan fingerprint density at radius 1 is 1.17 bits per heavy atom. The Labute approximate surface area is 134 Å². The number of benzene rings is 1. The van der Waals surface area contributed by atoms with Crippen LogP contribution in [0.5, 0.6) is 5.75 Å². The summed E-state index contributed by atoms with van der Waals surface area (Å²) in [6, 6.07) is 9.99. The molecule has 0 bridgehead atoms. The molecular weight excluding hydrogens is 296 g/mol. The second-order valence-corrected chi connectivity index (χ2v) is 5.03. The number of amides is 2. The smallest absolute Gasteiger partial charge is 0.256 e. The third kappa shape index (κ3) is 4.70. The van der Waals surface area contributed by atoms with Crippen LogP contribution in [0.4, 0.5) is 11.5 Å². The third-order valence-corrected chi connectivity index (χ3v) is 3.00. The number of hydrogen-bond donors (Lipinski definition) is 2. The Morgan fingerprint density at radius 2 is 1.87 bits per heavy atom. The molecule has 3 N–H and O–H groups in total. The van der Waals surface area contributed by atoms with Gasteiger partial charge in [-0.2, -0.15) is 0 Å². The predicted molar refractivity (Wildman–Crippen MR) is 87.6 cm³/mol. The van der Waals surface area contributed by atoms with Crippen LogP contribution >= 0.6 is 0 Å². The first-order valence-electron chi connectivity index (χ1n) is 6.91. The van der Waals surface area contributed by atoms with Crippen LogP contribution in [0.15, 0.2) is 42.6 Å². The van der Waals surface area contributed by atoms with Crippen molar-refractivity contribution in [1.82, 2.24) is 4.98 Å². The summed E-state index contributed by atoms with van der Waals surface area (Å²) in [6.45, 7) is -0.201. The molecule has 0 fully saturated rings. The molecule has 2 rings (SSSR count). The Hall–Kier alpha value is -3.09. The quantitative estimate of drug-likeness (QED) is 0.836. The Morgan fingerprint density at radius 3 is 2.39 bits per heavy atom. The van der Waals surface area contributed by atoms with Crippen LogP contribution in [0, 0.1) is 0 Å². The van der Waals surface area contributed by atoms with E-state index in [0.29, 0.717) is 17.1 Å². The summed E-state index contributed by atoms with van der Waals surface area (Å²) in [5, 5.41) is 2.71. The van der Waals surface area contributed by atoms with E-state index in [0.717, 1.165) is 5.69 Å². The fourth-order valence-electron chi connectivity index (χ4n) is 1.77. The number of anilines is 2. The van der Waals surface area contributed by atoms with E-state index < -0.39 is 5.91 Å². The Kier molecular flexibility index (Phi) is 5.14. The normalized spacial score (nSPS) is 10.0. The van der Waals surface area contributed by atoms with Crippen LogP contribution in [-0.2, 0) is 4.79 Å². The van der Waals surface area contributed by atoms with Gasteiger partial charge in [0.2, 0.25) is 0 Å². The van der Waals surface area contributed by atoms with E-state index in [1.54, 1.807) is 36.5 Å². The van der Waals surface area contributed by atoms with Crippen LogP contribution in [0.2, 0.25) is 0 Å². The van der Waals surface area contributed by atoms with Crippen LogP contribution in [0.3, 0.4) is 0 Å². The first-order valence-corrected chi connectivity index (χ1v) is 6.91. The monoisotopic (exact) mass is 314 g/mol. The lowest BCUT2D eigenvalue weighted by Gasteiger charge is -2.12. The van der Waals surface area contributed by atoms with E-state index in [2.05, 4.69) is 10.3 Å². The first-order chi connectivity index (χ1) is 11.0. The molecule has 0 saturated heterocycles. The maximum absolute atomic E-state index is 12.1. The average Bonchev–Trinajstić information content (AvgIpc) is 2.54. The highest BCUT2D eigenvalue weighted by Crippen LogP contribution is 2.15. The van der Waals surface area contributed by atoms with Crippen molar-refractivity contribution in [3.05, 3.63) is 48.2 Å². The fraction of sp³-hybridized carbons (Fsp3) is 0.188. The molecule has 0 unspecified atom stereocenters. The molecule has 0 aliphatic heterocycles. The van der Waals surface area contributed by atoms with Gasteiger partial charge in [-0.25, -0.2) is 4.98 Å². The number of nitrogens with two attached hydrogens (primary N) is 1. The van der Waals surface area contributed by atoms with Gasteiger partial charge in [-0.15, -0.1) is 0 Å². The van der Waals surface area contributed by atoms with E-state index in [-0.39, 0.29) is 12.5 Å². The summed E-state index contributed by atoms with van der Waals surface area (Å²) in [7, 11) is 3.83. The highest BCUT2D eigenvalue weighted by Gasteiger charge is 2.08. The highest BCUT2D eigenvalue weighted by molar-refractivity contribution is 6.03. The maximum atomic E-state index is 12.1. The van der Waals surface area contributed by atoms with E-state index in [1.807, 2.05) is 25.1 Å². The summed E-state index contributed by atoms with van der Waals surface area (Å²) < 4.78 is 5.13. The van der Waals surface area contributed by atoms with Crippen molar-refractivity contribution in [1.29, 1.82) is 0 Å². The number of aromatic nitrogens is 1. The van der Waals surface area contributed by atoms with Gasteiger partial charge in [0, 0.05) is 19.7 Å². The van der Waals surface area contributed by atoms with Gasteiger partial charge in [-0.3, -0.25) is 9.59 Å². The Bertz CT molecular complexity index is 681.